The normalized spacial score (nSPS) is 10.8. The summed E-state index contributed by atoms with van der Waals surface area (Å²) in [6.07, 6.45) is 1.99. The minimum Gasteiger partial charge on any atom is -0.493 e. The molecule has 0 atom stereocenters. The van der Waals surface area contributed by atoms with E-state index in [-0.39, 0.29) is 35.1 Å². The lowest BCUT2D eigenvalue weighted by Crippen LogP contribution is -2.38. The molecular formula is C25H31ClN4O6. The Labute approximate surface area is 215 Å². The molecule has 3 N–H and O–H groups in total. The van der Waals surface area contributed by atoms with Crippen LogP contribution in [0.5, 0.6) is 11.5 Å². The number of carbonyl (C=O) groups excluding carboxylic acids is 3. The lowest BCUT2D eigenvalue weighted by atomic mass is 10.2. The van der Waals surface area contributed by atoms with Gasteiger partial charge in [-0.1, -0.05) is 29.3 Å². The Kier molecular flexibility index (Phi) is 11.7. The number of anilines is 1. The van der Waals surface area contributed by atoms with Gasteiger partial charge >= 0.3 is 11.8 Å². The summed E-state index contributed by atoms with van der Waals surface area (Å²) in [4.78, 5) is 35.9. The van der Waals surface area contributed by atoms with Crippen LogP contribution in [-0.4, -0.2) is 56.9 Å². The molecule has 2 aromatic rings. The highest BCUT2D eigenvalue weighted by molar-refractivity contribution is 6.35. The fourth-order valence-electron chi connectivity index (χ4n) is 2.82. The average molecular weight is 519 g/mol. The van der Waals surface area contributed by atoms with Gasteiger partial charge in [0.05, 0.1) is 24.5 Å². The number of nitrogens with zero attached hydrogens (tertiary/aromatic N) is 1. The van der Waals surface area contributed by atoms with Gasteiger partial charge < -0.3 is 24.8 Å². The summed E-state index contributed by atoms with van der Waals surface area (Å²) in [7, 11) is 1.42. The molecule has 0 fully saturated rings. The van der Waals surface area contributed by atoms with E-state index in [9.17, 15) is 14.4 Å². The number of hydrogen-bond donors (Lipinski definition) is 3. The molecular weight excluding hydrogens is 488 g/mol. The van der Waals surface area contributed by atoms with E-state index in [1.165, 1.54) is 19.4 Å². The Hall–Kier alpha value is -3.63. The zero-order valence-electron chi connectivity index (χ0n) is 20.7. The molecule has 0 saturated carbocycles. The summed E-state index contributed by atoms with van der Waals surface area (Å²) < 4.78 is 16.2. The summed E-state index contributed by atoms with van der Waals surface area (Å²) in [5.41, 5.74) is 4.35. The molecule has 0 aliphatic heterocycles. The van der Waals surface area contributed by atoms with Crippen LogP contribution in [0.2, 0.25) is 5.02 Å². The molecule has 3 amide bonds. The largest absolute Gasteiger partial charge is 0.493 e. The van der Waals surface area contributed by atoms with Crippen LogP contribution in [0.4, 0.5) is 5.69 Å². The predicted octanol–water partition coefficient (Wildman–Crippen LogP) is 3.06. The molecule has 0 heterocycles. The minimum atomic E-state index is -0.909. The first-order valence-electron chi connectivity index (χ1n) is 11.3. The Morgan fingerprint density at radius 3 is 2.50 bits per heavy atom. The molecule has 11 heteroatoms. The first-order valence-corrected chi connectivity index (χ1v) is 11.7. The molecule has 0 saturated heterocycles. The van der Waals surface area contributed by atoms with Gasteiger partial charge in [-0.15, -0.1) is 0 Å². The third kappa shape index (κ3) is 9.93. The van der Waals surface area contributed by atoms with Crippen molar-refractivity contribution in [3.8, 4) is 11.5 Å². The summed E-state index contributed by atoms with van der Waals surface area (Å²) in [6.45, 7) is 6.29. The number of hydrogen-bond acceptors (Lipinski definition) is 7. The first kappa shape index (κ1) is 28.6. The molecule has 0 bridgehead atoms. The minimum absolute atomic E-state index is 0.106. The lowest BCUT2D eigenvalue weighted by Gasteiger charge is -2.13. The number of methoxy groups -OCH3 is 1. The average Bonchev–Trinajstić information content (AvgIpc) is 2.83. The van der Waals surface area contributed by atoms with Gasteiger partial charge in [0, 0.05) is 18.8 Å². The molecule has 0 aliphatic rings. The van der Waals surface area contributed by atoms with Crippen molar-refractivity contribution >= 4 is 41.2 Å². The van der Waals surface area contributed by atoms with Gasteiger partial charge in [-0.25, -0.2) is 5.43 Å². The maximum Gasteiger partial charge on any atom is 0.329 e. The zero-order chi connectivity index (χ0) is 26.5. The first-order chi connectivity index (χ1) is 17.2. The molecule has 194 valence electrons. The van der Waals surface area contributed by atoms with Gasteiger partial charge in [-0.3, -0.25) is 14.4 Å². The zero-order valence-corrected chi connectivity index (χ0v) is 21.5. The number of hydrazone groups is 1. The van der Waals surface area contributed by atoms with Crippen molar-refractivity contribution in [1.29, 1.82) is 0 Å². The smallest absolute Gasteiger partial charge is 0.329 e. The van der Waals surface area contributed by atoms with E-state index in [1.807, 2.05) is 32.9 Å². The van der Waals surface area contributed by atoms with E-state index in [0.717, 1.165) is 5.56 Å². The molecule has 0 unspecified atom stereocenters. The number of halogens is 1. The quantitative estimate of drug-likeness (QED) is 0.171. The Morgan fingerprint density at radius 1 is 1.11 bits per heavy atom. The van der Waals surface area contributed by atoms with Gasteiger partial charge in [0.25, 0.3) is 5.91 Å². The van der Waals surface area contributed by atoms with Gasteiger partial charge in [-0.2, -0.15) is 5.10 Å². The third-order valence-electron chi connectivity index (χ3n) is 4.58. The van der Waals surface area contributed by atoms with Crippen molar-refractivity contribution in [3.63, 3.8) is 0 Å². The second-order valence-corrected chi connectivity index (χ2v) is 8.37. The highest BCUT2D eigenvalue weighted by Crippen LogP contribution is 2.36. The van der Waals surface area contributed by atoms with Crippen molar-refractivity contribution in [2.45, 2.75) is 33.3 Å². The number of benzene rings is 2. The van der Waals surface area contributed by atoms with Crippen LogP contribution < -0.4 is 25.5 Å². The highest BCUT2D eigenvalue weighted by Gasteiger charge is 2.15. The standard InChI is InChI=1S/C25H31ClN4O6/c1-16(2)35-11-5-10-27-24(32)25(33)30-28-14-18-12-20(26)23(21(13-18)34-4)36-15-22(31)29-19-8-6-17(3)7-9-19/h6-9,12-14,16H,5,10-11,15H2,1-4H3,(H,27,32)(H,29,31)(H,30,33)/b28-14-. The highest BCUT2D eigenvalue weighted by atomic mass is 35.5. The van der Waals surface area contributed by atoms with Crippen molar-refractivity contribution in [2.24, 2.45) is 5.10 Å². The molecule has 0 aliphatic carbocycles. The van der Waals surface area contributed by atoms with E-state index >= 15 is 0 Å². The number of rotatable bonds is 12. The Morgan fingerprint density at radius 2 is 1.83 bits per heavy atom. The fourth-order valence-corrected chi connectivity index (χ4v) is 3.09. The van der Waals surface area contributed by atoms with E-state index in [2.05, 4.69) is 21.2 Å². The Bertz CT molecular complexity index is 1070. The Balaban J connectivity index is 1.87. The maximum absolute atomic E-state index is 12.2. The van der Waals surface area contributed by atoms with Gasteiger partial charge in [0.15, 0.2) is 18.1 Å². The van der Waals surface area contributed by atoms with Crippen LogP contribution in [0.25, 0.3) is 0 Å². The fraction of sp³-hybridized carbons (Fsp3) is 0.360. The second kappa shape index (κ2) is 14.7. The lowest BCUT2D eigenvalue weighted by molar-refractivity contribution is -0.139. The van der Waals surface area contributed by atoms with Crippen molar-refractivity contribution in [1.82, 2.24) is 10.7 Å². The number of nitrogens with one attached hydrogen (secondary N) is 3. The van der Waals surface area contributed by atoms with Crippen LogP contribution in [0, 0.1) is 6.92 Å². The predicted molar refractivity (Wildman–Crippen MR) is 138 cm³/mol. The summed E-state index contributed by atoms with van der Waals surface area (Å²) in [5, 5.41) is 9.16. The van der Waals surface area contributed by atoms with Crippen LogP contribution in [-0.2, 0) is 19.1 Å². The number of ether oxygens (including phenoxy) is 3. The SMILES string of the molecule is COc1cc(/C=N\NC(=O)C(=O)NCCCOC(C)C)cc(Cl)c1OCC(=O)Nc1ccc(C)cc1. The maximum atomic E-state index is 12.2. The van der Waals surface area contributed by atoms with Crippen LogP contribution in [0.15, 0.2) is 41.5 Å². The molecule has 0 spiro atoms. The van der Waals surface area contributed by atoms with Gasteiger partial charge in [-0.05, 0) is 57.0 Å². The van der Waals surface area contributed by atoms with E-state index in [0.29, 0.717) is 30.8 Å². The van der Waals surface area contributed by atoms with Crippen LogP contribution >= 0.6 is 11.6 Å². The van der Waals surface area contributed by atoms with E-state index in [4.69, 9.17) is 25.8 Å². The monoisotopic (exact) mass is 518 g/mol. The van der Waals surface area contributed by atoms with E-state index < -0.39 is 11.8 Å². The summed E-state index contributed by atoms with van der Waals surface area (Å²) in [5.74, 6) is -1.63. The topological polar surface area (TPSA) is 127 Å². The molecule has 0 aromatic heterocycles. The number of carbonyl (C=O) groups is 3. The number of aryl methyl sites for hydroxylation is 1. The van der Waals surface area contributed by atoms with Crippen molar-refractivity contribution < 1.29 is 28.6 Å². The van der Waals surface area contributed by atoms with Gasteiger partial charge in [0.1, 0.15) is 0 Å². The van der Waals surface area contributed by atoms with E-state index in [1.54, 1.807) is 18.2 Å². The summed E-state index contributed by atoms with van der Waals surface area (Å²) in [6, 6.07) is 10.4. The molecule has 36 heavy (non-hydrogen) atoms. The van der Waals surface area contributed by atoms with Crippen LogP contribution in [0.1, 0.15) is 31.4 Å². The third-order valence-corrected chi connectivity index (χ3v) is 4.86. The van der Waals surface area contributed by atoms with Gasteiger partial charge in [0.2, 0.25) is 0 Å². The second-order valence-electron chi connectivity index (χ2n) is 7.97. The number of amides is 3. The van der Waals surface area contributed by atoms with Crippen LogP contribution in [0.3, 0.4) is 0 Å². The summed E-state index contributed by atoms with van der Waals surface area (Å²) >= 11 is 6.31. The molecule has 0 radical (unpaired) electrons. The molecule has 10 nitrogen and oxygen atoms in total. The van der Waals surface area contributed by atoms with Crippen molar-refractivity contribution in [2.75, 3.05) is 32.2 Å². The molecule has 2 aromatic carbocycles. The molecule has 2 rings (SSSR count). The van der Waals surface area contributed by atoms with Crippen molar-refractivity contribution in [3.05, 3.63) is 52.5 Å².